The monoisotopic (exact) mass is 283 g/mol. The molecule has 2 aromatic rings. The highest BCUT2D eigenvalue weighted by Gasteiger charge is 2.08. The fourth-order valence-electron chi connectivity index (χ4n) is 2.48. The Bertz CT molecular complexity index is 548. The van der Waals surface area contributed by atoms with Crippen molar-refractivity contribution in [3.8, 4) is 5.75 Å². The largest absolute Gasteiger partial charge is 0.494 e. The number of para-hydroxylation sites is 1. The molecule has 2 nitrogen and oxygen atoms in total. The summed E-state index contributed by atoms with van der Waals surface area (Å²) in [5, 5.41) is 0. The number of aryl methyl sites for hydroxylation is 2. The molecule has 112 valence electrons. The van der Waals surface area contributed by atoms with Crippen LogP contribution in [0.4, 0.5) is 0 Å². The molecule has 0 saturated heterocycles. The first-order valence-electron chi connectivity index (χ1n) is 7.79. The molecular formula is C19H25NO. The van der Waals surface area contributed by atoms with Crippen molar-refractivity contribution < 1.29 is 4.74 Å². The average molecular weight is 283 g/mol. The Labute approximate surface area is 127 Å². The van der Waals surface area contributed by atoms with Gasteiger partial charge in [0.2, 0.25) is 0 Å². The first kappa shape index (κ1) is 15.6. The smallest absolute Gasteiger partial charge is 0.122 e. The first-order chi connectivity index (χ1) is 10.2. The molecule has 0 fully saturated rings. The molecule has 0 aromatic heterocycles. The van der Waals surface area contributed by atoms with E-state index < -0.39 is 0 Å². The van der Waals surface area contributed by atoms with E-state index in [0.29, 0.717) is 6.61 Å². The third kappa shape index (κ3) is 4.33. The Hall–Kier alpha value is -1.80. The maximum atomic E-state index is 6.32. The first-order valence-corrected chi connectivity index (χ1v) is 7.79. The third-order valence-corrected chi connectivity index (χ3v) is 3.81. The number of hydrogen-bond acceptors (Lipinski definition) is 2. The number of benzene rings is 2. The normalized spacial score (nSPS) is 12.1. The molecule has 0 spiro atoms. The second-order valence-electron chi connectivity index (χ2n) is 5.28. The molecule has 0 bridgehead atoms. The molecule has 0 saturated carbocycles. The van der Waals surface area contributed by atoms with Gasteiger partial charge < -0.3 is 10.5 Å². The fourth-order valence-corrected chi connectivity index (χ4v) is 2.48. The SMILES string of the molecule is CCOc1ccccc1CCC(N)c1ccc(CC)cc1. The van der Waals surface area contributed by atoms with Crippen LogP contribution in [-0.4, -0.2) is 6.61 Å². The van der Waals surface area contributed by atoms with Gasteiger partial charge >= 0.3 is 0 Å². The number of hydrogen-bond donors (Lipinski definition) is 1. The maximum absolute atomic E-state index is 6.32. The zero-order valence-electron chi connectivity index (χ0n) is 13.0. The second-order valence-corrected chi connectivity index (χ2v) is 5.28. The van der Waals surface area contributed by atoms with Crippen LogP contribution in [0.15, 0.2) is 48.5 Å². The van der Waals surface area contributed by atoms with Crippen LogP contribution in [0.2, 0.25) is 0 Å². The fraction of sp³-hybridized carbons (Fsp3) is 0.368. The molecule has 0 aliphatic carbocycles. The van der Waals surface area contributed by atoms with Crippen molar-refractivity contribution in [2.75, 3.05) is 6.61 Å². The molecule has 2 rings (SSSR count). The summed E-state index contributed by atoms with van der Waals surface area (Å²) in [5.41, 5.74) is 10.1. The summed E-state index contributed by atoms with van der Waals surface area (Å²) >= 11 is 0. The minimum Gasteiger partial charge on any atom is -0.494 e. The van der Waals surface area contributed by atoms with Gasteiger partial charge in [-0.2, -0.15) is 0 Å². The molecule has 2 heteroatoms. The molecule has 0 amide bonds. The lowest BCUT2D eigenvalue weighted by molar-refractivity contribution is 0.336. The topological polar surface area (TPSA) is 35.2 Å². The van der Waals surface area contributed by atoms with Gasteiger partial charge in [0.05, 0.1) is 6.61 Å². The third-order valence-electron chi connectivity index (χ3n) is 3.81. The summed E-state index contributed by atoms with van der Waals surface area (Å²) in [6.07, 6.45) is 2.93. The van der Waals surface area contributed by atoms with Crippen LogP contribution in [-0.2, 0) is 12.8 Å². The molecular weight excluding hydrogens is 258 g/mol. The van der Waals surface area contributed by atoms with E-state index in [1.165, 1.54) is 16.7 Å². The van der Waals surface area contributed by atoms with Gasteiger partial charge in [0, 0.05) is 6.04 Å². The van der Waals surface area contributed by atoms with Crippen molar-refractivity contribution in [2.45, 2.75) is 39.2 Å². The van der Waals surface area contributed by atoms with E-state index in [4.69, 9.17) is 10.5 Å². The highest BCUT2D eigenvalue weighted by atomic mass is 16.5. The van der Waals surface area contributed by atoms with E-state index in [0.717, 1.165) is 25.0 Å². The van der Waals surface area contributed by atoms with Crippen molar-refractivity contribution >= 4 is 0 Å². The zero-order chi connectivity index (χ0) is 15.1. The Morgan fingerprint density at radius 3 is 2.38 bits per heavy atom. The predicted octanol–water partition coefficient (Wildman–Crippen LogP) is 4.28. The van der Waals surface area contributed by atoms with E-state index in [9.17, 15) is 0 Å². The minimum absolute atomic E-state index is 0.0746. The van der Waals surface area contributed by atoms with E-state index in [2.05, 4.69) is 43.3 Å². The average Bonchev–Trinajstić information content (AvgIpc) is 2.54. The Kier molecular flexibility index (Phi) is 5.82. The van der Waals surface area contributed by atoms with Crippen molar-refractivity contribution in [3.63, 3.8) is 0 Å². The minimum atomic E-state index is 0.0746. The molecule has 0 aliphatic rings. The summed E-state index contributed by atoms with van der Waals surface area (Å²) in [7, 11) is 0. The molecule has 1 unspecified atom stereocenters. The van der Waals surface area contributed by atoms with Crippen LogP contribution in [0.3, 0.4) is 0 Å². The summed E-state index contributed by atoms with van der Waals surface area (Å²) in [6, 6.07) is 16.9. The van der Waals surface area contributed by atoms with E-state index in [-0.39, 0.29) is 6.04 Å². The summed E-state index contributed by atoms with van der Waals surface area (Å²) in [4.78, 5) is 0. The standard InChI is InChI=1S/C19H25NO/c1-3-15-9-11-16(12-10-15)18(20)14-13-17-7-5-6-8-19(17)21-4-2/h5-12,18H,3-4,13-14,20H2,1-2H3. The lowest BCUT2D eigenvalue weighted by Gasteiger charge is -2.14. The van der Waals surface area contributed by atoms with Crippen molar-refractivity contribution in [1.82, 2.24) is 0 Å². The second kappa shape index (κ2) is 7.84. The van der Waals surface area contributed by atoms with Crippen LogP contribution < -0.4 is 10.5 Å². The molecule has 21 heavy (non-hydrogen) atoms. The number of rotatable bonds is 7. The number of nitrogens with two attached hydrogens (primary N) is 1. The van der Waals surface area contributed by atoms with Crippen LogP contribution in [0.5, 0.6) is 5.75 Å². The van der Waals surface area contributed by atoms with Gasteiger partial charge in [-0.3, -0.25) is 0 Å². The van der Waals surface area contributed by atoms with E-state index >= 15 is 0 Å². The van der Waals surface area contributed by atoms with Gasteiger partial charge in [0.1, 0.15) is 5.75 Å². The number of ether oxygens (including phenoxy) is 1. The predicted molar refractivity (Wildman–Crippen MR) is 88.7 cm³/mol. The van der Waals surface area contributed by atoms with Crippen molar-refractivity contribution in [1.29, 1.82) is 0 Å². The Morgan fingerprint density at radius 2 is 1.71 bits per heavy atom. The zero-order valence-corrected chi connectivity index (χ0v) is 13.0. The summed E-state index contributed by atoms with van der Waals surface area (Å²) in [5.74, 6) is 0.980. The quantitative estimate of drug-likeness (QED) is 0.823. The van der Waals surface area contributed by atoms with Crippen LogP contribution >= 0.6 is 0 Å². The highest BCUT2D eigenvalue weighted by molar-refractivity contribution is 5.34. The molecule has 0 aliphatic heterocycles. The summed E-state index contributed by atoms with van der Waals surface area (Å²) < 4.78 is 5.66. The molecule has 1 atom stereocenters. The Balaban J connectivity index is 1.98. The molecule has 2 N–H and O–H groups in total. The lowest BCUT2D eigenvalue weighted by Crippen LogP contribution is -2.11. The van der Waals surface area contributed by atoms with Crippen LogP contribution in [0.1, 0.15) is 43.0 Å². The Morgan fingerprint density at radius 1 is 1.00 bits per heavy atom. The van der Waals surface area contributed by atoms with Gasteiger partial charge in [-0.15, -0.1) is 0 Å². The van der Waals surface area contributed by atoms with Crippen LogP contribution in [0.25, 0.3) is 0 Å². The van der Waals surface area contributed by atoms with Gasteiger partial charge in [-0.25, -0.2) is 0 Å². The van der Waals surface area contributed by atoms with Crippen LogP contribution in [0, 0.1) is 0 Å². The molecule has 0 heterocycles. The molecule has 2 aromatic carbocycles. The van der Waals surface area contributed by atoms with E-state index in [1.54, 1.807) is 0 Å². The van der Waals surface area contributed by atoms with Gasteiger partial charge in [0.25, 0.3) is 0 Å². The lowest BCUT2D eigenvalue weighted by atomic mass is 9.98. The summed E-state index contributed by atoms with van der Waals surface area (Å²) in [6.45, 7) is 4.87. The maximum Gasteiger partial charge on any atom is 0.122 e. The van der Waals surface area contributed by atoms with Gasteiger partial charge in [0.15, 0.2) is 0 Å². The van der Waals surface area contributed by atoms with Crippen molar-refractivity contribution in [3.05, 3.63) is 65.2 Å². The van der Waals surface area contributed by atoms with Crippen molar-refractivity contribution in [2.24, 2.45) is 5.73 Å². The molecule has 0 radical (unpaired) electrons. The van der Waals surface area contributed by atoms with Gasteiger partial charge in [-0.05, 0) is 48.9 Å². The van der Waals surface area contributed by atoms with Gasteiger partial charge in [-0.1, -0.05) is 49.4 Å². The highest BCUT2D eigenvalue weighted by Crippen LogP contribution is 2.23. The van der Waals surface area contributed by atoms with E-state index in [1.807, 2.05) is 19.1 Å².